The van der Waals surface area contributed by atoms with E-state index in [1.54, 1.807) is 42.9 Å². The fraction of sp³-hybridized carbons (Fsp3) is 0.185. The van der Waals surface area contributed by atoms with E-state index in [4.69, 9.17) is 33.2 Å². The molecule has 7 nitrogen and oxygen atoms in total. The van der Waals surface area contributed by atoms with Crippen molar-refractivity contribution < 1.29 is 4.39 Å². The van der Waals surface area contributed by atoms with Crippen LogP contribution in [0.15, 0.2) is 61.1 Å². The second kappa shape index (κ2) is 9.70. The first kappa shape index (κ1) is 23.8. The number of nitrogens with one attached hydrogen (secondary N) is 1. The summed E-state index contributed by atoms with van der Waals surface area (Å²) >= 11 is 13.0. The van der Waals surface area contributed by atoms with Gasteiger partial charge in [0.2, 0.25) is 5.95 Å². The van der Waals surface area contributed by atoms with Crippen LogP contribution >= 0.6 is 23.2 Å². The first-order chi connectivity index (χ1) is 18.0. The normalized spacial score (nSPS) is 14.4. The number of benzene rings is 2. The lowest BCUT2D eigenvalue weighted by Gasteiger charge is -2.34. The summed E-state index contributed by atoms with van der Waals surface area (Å²) in [4.78, 5) is 22.5. The minimum absolute atomic E-state index is 0.284. The number of fused-ring (bicyclic) bond motifs is 3. The number of rotatable bonds is 4. The Balaban J connectivity index is 1.37. The van der Waals surface area contributed by atoms with Crippen LogP contribution in [0.3, 0.4) is 0 Å². The van der Waals surface area contributed by atoms with Gasteiger partial charge < -0.3 is 15.1 Å². The van der Waals surface area contributed by atoms with Crippen molar-refractivity contribution in [2.75, 3.05) is 43.4 Å². The molecule has 0 saturated carbocycles. The molecule has 0 spiro atoms. The first-order valence-electron chi connectivity index (χ1n) is 11.8. The molecule has 3 aromatic heterocycles. The third kappa shape index (κ3) is 4.52. The summed E-state index contributed by atoms with van der Waals surface area (Å²) < 4.78 is 15.0. The molecule has 0 bridgehead atoms. The highest BCUT2D eigenvalue weighted by Gasteiger charge is 2.19. The Morgan fingerprint density at radius 3 is 2.46 bits per heavy atom. The second-order valence-electron chi connectivity index (χ2n) is 8.99. The number of hydrogen-bond donors (Lipinski definition) is 1. The Bertz CT molecular complexity index is 1620. The van der Waals surface area contributed by atoms with Gasteiger partial charge in [-0.25, -0.2) is 19.3 Å². The van der Waals surface area contributed by atoms with Gasteiger partial charge in [-0.1, -0.05) is 29.3 Å². The van der Waals surface area contributed by atoms with Crippen LogP contribution in [0.5, 0.6) is 0 Å². The standard InChI is InChI=1S/C27H22Cl2FN7/c1-36-9-11-37(12-10-36)23-6-5-16(13-21(23)30)33-27-32-15-22-25(35-27)18-14-31-8-7-17(18)26(34-22)24-19(28)3-2-4-20(24)29/h2-8,13-15H,9-12H2,1H3,(H,32,33,35). The summed E-state index contributed by atoms with van der Waals surface area (Å²) in [5.74, 6) is 0.0441. The van der Waals surface area contributed by atoms with E-state index in [0.717, 1.165) is 37.0 Å². The Morgan fingerprint density at radius 1 is 0.919 bits per heavy atom. The Labute approximate surface area is 222 Å². The molecular formula is C27H22Cl2FN7. The average Bonchev–Trinajstić information content (AvgIpc) is 2.90. The molecule has 6 rings (SSSR count). The van der Waals surface area contributed by atoms with Crippen molar-refractivity contribution in [3.8, 4) is 11.3 Å². The number of likely N-dealkylation sites (N-methyl/N-ethyl adjacent to an activating group) is 1. The van der Waals surface area contributed by atoms with Crippen LogP contribution in [0.4, 0.5) is 21.7 Å². The van der Waals surface area contributed by atoms with Crippen molar-refractivity contribution in [1.82, 2.24) is 24.8 Å². The predicted octanol–water partition coefficient (Wildman–Crippen LogP) is 6.18. The Kier molecular flexibility index (Phi) is 6.24. The van der Waals surface area contributed by atoms with Gasteiger partial charge in [-0.15, -0.1) is 0 Å². The number of aromatic nitrogens is 4. The molecule has 0 atom stereocenters. The average molecular weight is 534 g/mol. The fourth-order valence-corrected chi connectivity index (χ4v) is 5.19. The number of pyridine rings is 2. The van der Waals surface area contributed by atoms with Crippen molar-refractivity contribution in [3.63, 3.8) is 0 Å². The summed E-state index contributed by atoms with van der Waals surface area (Å²) in [7, 11) is 2.08. The van der Waals surface area contributed by atoms with Crippen molar-refractivity contribution in [2.45, 2.75) is 0 Å². The van der Waals surface area contributed by atoms with E-state index in [0.29, 0.717) is 49.7 Å². The van der Waals surface area contributed by atoms with E-state index in [9.17, 15) is 4.39 Å². The number of halogens is 3. The van der Waals surface area contributed by atoms with Crippen LogP contribution in [0, 0.1) is 5.82 Å². The highest BCUT2D eigenvalue weighted by molar-refractivity contribution is 6.39. The lowest BCUT2D eigenvalue weighted by molar-refractivity contribution is 0.311. The molecule has 1 aliphatic rings. The van der Waals surface area contributed by atoms with E-state index in [1.807, 2.05) is 12.1 Å². The van der Waals surface area contributed by atoms with Crippen molar-refractivity contribution in [3.05, 3.63) is 76.9 Å². The molecule has 0 aliphatic carbocycles. The molecule has 5 aromatic rings. The number of hydrogen-bond acceptors (Lipinski definition) is 7. The predicted molar refractivity (Wildman–Crippen MR) is 147 cm³/mol. The van der Waals surface area contributed by atoms with Gasteiger partial charge in [0.25, 0.3) is 0 Å². The number of anilines is 3. The lowest BCUT2D eigenvalue weighted by atomic mass is 10.0. The van der Waals surface area contributed by atoms with Gasteiger partial charge in [-0.3, -0.25) is 4.98 Å². The summed E-state index contributed by atoms with van der Waals surface area (Å²) in [5.41, 5.74) is 3.61. The summed E-state index contributed by atoms with van der Waals surface area (Å²) in [6.07, 6.45) is 5.05. The summed E-state index contributed by atoms with van der Waals surface area (Å²) in [6.45, 7) is 3.41. The first-order valence-corrected chi connectivity index (χ1v) is 12.6. The van der Waals surface area contributed by atoms with E-state index in [1.165, 1.54) is 6.07 Å². The van der Waals surface area contributed by atoms with Crippen molar-refractivity contribution >= 4 is 62.3 Å². The molecule has 1 N–H and O–H groups in total. The molecule has 186 valence electrons. The second-order valence-corrected chi connectivity index (χ2v) is 9.80. The smallest absolute Gasteiger partial charge is 0.227 e. The monoisotopic (exact) mass is 533 g/mol. The highest BCUT2D eigenvalue weighted by Crippen LogP contribution is 2.39. The quantitative estimate of drug-likeness (QED) is 0.276. The largest absolute Gasteiger partial charge is 0.367 e. The highest BCUT2D eigenvalue weighted by atomic mass is 35.5. The molecule has 0 amide bonds. The van der Waals surface area contributed by atoms with Gasteiger partial charge in [0.15, 0.2) is 0 Å². The summed E-state index contributed by atoms with van der Waals surface area (Å²) in [5, 5.41) is 5.71. The summed E-state index contributed by atoms with van der Waals surface area (Å²) in [6, 6.07) is 12.3. The maximum absolute atomic E-state index is 15.0. The van der Waals surface area contributed by atoms with Crippen LogP contribution in [-0.4, -0.2) is 58.1 Å². The third-order valence-electron chi connectivity index (χ3n) is 6.58. The van der Waals surface area contributed by atoms with Gasteiger partial charge in [-0.2, -0.15) is 0 Å². The zero-order chi connectivity index (χ0) is 25.5. The minimum atomic E-state index is -0.284. The molecule has 1 aliphatic heterocycles. The van der Waals surface area contributed by atoms with E-state index < -0.39 is 0 Å². The van der Waals surface area contributed by atoms with Crippen LogP contribution in [0.1, 0.15) is 0 Å². The maximum Gasteiger partial charge on any atom is 0.227 e. The van der Waals surface area contributed by atoms with Gasteiger partial charge >= 0.3 is 0 Å². The van der Waals surface area contributed by atoms with Crippen molar-refractivity contribution in [2.24, 2.45) is 0 Å². The van der Waals surface area contributed by atoms with E-state index in [-0.39, 0.29) is 5.82 Å². The van der Waals surface area contributed by atoms with E-state index in [2.05, 4.69) is 32.1 Å². The minimum Gasteiger partial charge on any atom is -0.367 e. The van der Waals surface area contributed by atoms with Crippen LogP contribution < -0.4 is 10.2 Å². The molecule has 10 heteroatoms. The van der Waals surface area contributed by atoms with Crippen LogP contribution in [0.25, 0.3) is 33.1 Å². The van der Waals surface area contributed by atoms with E-state index >= 15 is 0 Å². The van der Waals surface area contributed by atoms with Crippen LogP contribution in [0.2, 0.25) is 10.0 Å². The van der Waals surface area contributed by atoms with Gasteiger partial charge in [0, 0.05) is 60.6 Å². The van der Waals surface area contributed by atoms with Crippen molar-refractivity contribution in [1.29, 1.82) is 0 Å². The topological polar surface area (TPSA) is 70.1 Å². The molecule has 4 heterocycles. The lowest BCUT2D eigenvalue weighted by Crippen LogP contribution is -2.44. The zero-order valence-corrected chi connectivity index (χ0v) is 21.4. The molecule has 0 radical (unpaired) electrons. The van der Waals surface area contributed by atoms with Gasteiger partial charge in [0.1, 0.15) is 16.9 Å². The third-order valence-corrected chi connectivity index (χ3v) is 7.21. The maximum atomic E-state index is 15.0. The molecule has 1 saturated heterocycles. The molecule has 1 fully saturated rings. The van der Waals surface area contributed by atoms with Crippen LogP contribution in [-0.2, 0) is 0 Å². The number of nitrogens with zero attached hydrogens (tertiary/aromatic N) is 6. The molecule has 0 unspecified atom stereocenters. The zero-order valence-electron chi connectivity index (χ0n) is 19.9. The van der Waals surface area contributed by atoms with Gasteiger partial charge in [0.05, 0.1) is 27.6 Å². The molecule has 2 aromatic carbocycles. The SMILES string of the molecule is CN1CCN(c2ccc(Nc3ncc4nc(-c5c(Cl)cccc5Cl)c5ccncc5c4n3)cc2F)CC1. The number of piperazine rings is 1. The molecule has 37 heavy (non-hydrogen) atoms. The Morgan fingerprint density at radius 2 is 1.70 bits per heavy atom. The Hall–Kier alpha value is -3.59. The fourth-order valence-electron chi connectivity index (χ4n) is 4.62. The molecular weight excluding hydrogens is 512 g/mol. The van der Waals surface area contributed by atoms with Gasteiger partial charge in [-0.05, 0) is 43.4 Å².